The van der Waals surface area contributed by atoms with E-state index < -0.39 is 11.0 Å². The number of amides is 1. The number of carbonyl (C=O) groups excluding carboxylic acids is 1. The average molecular weight is 333 g/mol. The number of hydrogen-bond acceptors (Lipinski definition) is 3. The summed E-state index contributed by atoms with van der Waals surface area (Å²) in [4.78, 5) is 13.7. The van der Waals surface area contributed by atoms with Crippen LogP contribution in [0.15, 0.2) is 41.8 Å². The van der Waals surface area contributed by atoms with E-state index >= 15 is 0 Å². The lowest BCUT2D eigenvalue weighted by molar-refractivity contribution is -0.125. The summed E-state index contributed by atoms with van der Waals surface area (Å²) in [5.41, 5.74) is -0.839. The van der Waals surface area contributed by atoms with Gasteiger partial charge in [0.25, 0.3) is 0 Å². The highest BCUT2D eigenvalue weighted by Gasteiger charge is 2.52. The summed E-state index contributed by atoms with van der Waals surface area (Å²) in [6.45, 7) is 2.02. The van der Waals surface area contributed by atoms with E-state index in [1.165, 1.54) is 13.2 Å². The molecule has 1 heterocycles. The molecule has 1 unspecified atom stereocenters. The lowest BCUT2D eigenvalue weighted by atomic mass is 9.94. The minimum atomic E-state index is -0.896. The predicted molar refractivity (Wildman–Crippen MR) is 89.0 cm³/mol. The Morgan fingerprint density at radius 3 is 2.65 bits per heavy atom. The van der Waals surface area contributed by atoms with Crippen LogP contribution in [-0.2, 0) is 20.5 Å². The third kappa shape index (κ3) is 2.91. The van der Waals surface area contributed by atoms with Crippen molar-refractivity contribution in [1.82, 2.24) is 5.32 Å². The average Bonchev–Trinajstić information content (AvgIpc) is 3.19. The van der Waals surface area contributed by atoms with E-state index in [2.05, 4.69) is 5.32 Å². The van der Waals surface area contributed by atoms with E-state index in [1.807, 2.05) is 17.5 Å². The maximum absolute atomic E-state index is 14.1. The zero-order valence-corrected chi connectivity index (χ0v) is 14.1. The molecule has 1 atom stereocenters. The molecular weight excluding hydrogens is 313 g/mol. The molecule has 0 spiro atoms. The molecule has 3 rings (SSSR count). The van der Waals surface area contributed by atoms with E-state index in [1.54, 1.807) is 36.5 Å². The second-order valence-electron chi connectivity index (χ2n) is 6.16. The van der Waals surface area contributed by atoms with Crippen molar-refractivity contribution in [2.75, 3.05) is 13.7 Å². The van der Waals surface area contributed by atoms with Crippen molar-refractivity contribution in [3.8, 4) is 0 Å². The molecule has 1 aliphatic rings. The van der Waals surface area contributed by atoms with Gasteiger partial charge in [-0.25, -0.2) is 4.39 Å². The van der Waals surface area contributed by atoms with Crippen molar-refractivity contribution in [2.45, 2.75) is 30.8 Å². The van der Waals surface area contributed by atoms with E-state index in [0.29, 0.717) is 5.56 Å². The van der Waals surface area contributed by atoms with Gasteiger partial charge in [0, 0.05) is 17.6 Å². The Morgan fingerprint density at radius 2 is 2.09 bits per heavy atom. The van der Waals surface area contributed by atoms with Gasteiger partial charge < -0.3 is 10.1 Å². The molecule has 3 nitrogen and oxygen atoms in total. The van der Waals surface area contributed by atoms with Crippen LogP contribution in [0.5, 0.6) is 0 Å². The molecule has 1 N–H and O–H groups in total. The Morgan fingerprint density at radius 1 is 1.35 bits per heavy atom. The van der Waals surface area contributed by atoms with Crippen LogP contribution in [0, 0.1) is 5.82 Å². The number of hydrogen-bond donors (Lipinski definition) is 1. The van der Waals surface area contributed by atoms with Gasteiger partial charge in [0.05, 0.1) is 12.0 Å². The Hall–Kier alpha value is -1.72. The van der Waals surface area contributed by atoms with E-state index in [9.17, 15) is 9.18 Å². The third-order valence-corrected chi connectivity index (χ3v) is 5.73. The van der Waals surface area contributed by atoms with Gasteiger partial charge in [-0.15, -0.1) is 11.3 Å². The van der Waals surface area contributed by atoms with Gasteiger partial charge in [-0.1, -0.05) is 24.3 Å². The molecule has 1 fully saturated rings. The summed E-state index contributed by atoms with van der Waals surface area (Å²) in [5.74, 6) is -0.329. The highest BCUT2D eigenvalue weighted by Crippen LogP contribution is 2.50. The molecular formula is C18H20FNO2S. The zero-order chi connectivity index (χ0) is 16.5. The van der Waals surface area contributed by atoms with Crippen LogP contribution in [-0.4, -0.2) is 19.6 Å². The Balaban J connectivity index is 1.74. The number of rotatable bonds is 6. The van der Waals surface area contributed by atoms with Gasteiger partial charge in [0.15, 0.2) is 0 Å². The molecule has 0 bridgehead atoms. The van der Waals surface area contributed by atoms with Gasteiger partial charge in [-0.2, -0.15) is 0 Å². The minimum absolute atomic E-state index is 0.000403. The zero-order valence-electron chi connectivity index (χ0n) is 13.3. The lowest BCUT2D eigenvalue weighted by Gasteiger charge is -2.30. The van der Waals surface area contributed by atoms with E-state index in [0.717, 1.165) is 17.7 Å². The summed E-state index contributed by atoms with van der Waals surface area (Å²) >= 11 is 1.61. The summed E-state index contributed by atoms with van der Waals surface area (Å²) in [7, 11) is 1.53. The minimum Gasteiger partial charge on any atom is -0.372 e. The fraction of sp³-hybridized carbons (Fsp3) is 0.389. The van der Waals surface area contributed by atoms with Gasteiger partial charge in [-0.05, 0) is 37.3 Å². The van der Waals surface area contributed by atoms with Crippen molar-refractivity contribution in [3.05, 3.63) is 58.0 Å². The maximum Gasteiger partial charge on any atom is 0.231 e. The quantitative estimate of drug-likeness (QED) is 0.877. The second kappa shape index (κ2) is 6.06. The largest absolute Gasteiger partial charge is 0.372 e. The molecule has 1 amide bonds. The molecule has 23 heavy (non-hydrogen) atoms. The summed E-state index contributed by atoms with van der Waals surface area (Å²) in [5, 5.41) is 4.95. The third-order valence-electron chi connectivity index (χ3n) is 4.66. The molecule has 5 heteroatoms. The SMILES string of the molecule is COC(C)(CNC(=O)C1(c2cccs2)CC1)c1ccccc1F. The number of ether oxygens (including phenoxy) is 1. The monoisotopic (exact) mass is 333 g/mol. The van der Waals surface area contributed by atoms with Crippen LogP contribution >= 0.6 is 11.3 Å². The molecule has 1 saturated carbocycles. The van der Waals surface area contributed by atoms with Crippen molar-refractivity contribution < 1.29 is 13.9 Å². The molecule has 1 aromatic carbocycles. The number of thiophene rings is 1. The Kier molecular flexibility index (Phi) is 4.25. The highest BCUT2D eigenvalue weighted by atomic mass is 32.1. The Bertz CT molecular complexity index is 697. The standard InChI is InChI=1S/C18H20FNO2S/c1-17(22-2,13-6-3-4-7-14(13)19)12-20-16(21)18(9-10-18)15-8-5-11-23-15/h3-8,11H,9-10,12H2,1-2H3,(H,20,21). The predicted octanol–water partition coefficient (Wildman–Crippen LogP) is 3.60. The maximum atomic E-state index is 14.1. The molecule has 2 aromatic rings. The molecule has 0 radical (unpaired) electrons. The smallest absolute Gasteiger partial charge is 0.231 e. The first-order valence-electron chi connectivity index (χ1n) is 7.64. The molecule has 0 saturated heterocycles. The first-order valence-corrected chi connectivity index (χ1v) is 8.52. The number of methoxy groups -OCH3 is 1. The topological polar surface area (TPSA) is 38.3 Å². The number of halogens is 1. The van der Waals surface area contributed by atoms with Crippen molar-refractivity contribution >= 4 is 17.2 Å². The summed E-state index contributed by atoms with van der Waals surface area (Å²) in [6.07, 6.45) is 1.73. The number of benzene rings is 1. The van der Waals surface area contributed by atoms with Crippen molar-refractivity contribution in [2.24, 2.45) is 0 Å². The number of nitrogens with one attached hydrogen (secondary N) is 1. The fourth-order valence-electron chi connectivity index (χ4n) is 2.85. The van der Waals surface area contributed by atoms with Gasteiger partial charge >= 0.3 is 0 Å². The fourth-order valence-corrected chi connectivity index (χ4v) is 3.83. The summed E-state index contributed by atoms with van der Waals surface area (Å²) in [6, 6.07) is 10.5. The molecule has 1 aliphatic carbocycles. The van der Waals surface area contributed by atoms with Crippen molar-refractivity contribution in [3.63, 3.8) is 0 Å². The van der Waals surface area contributed by atoms with Crippen LogP contribution < -0.4 is 5.32 Å². The van der Waals surface area contributed by atoms with E-state index in [-0.39, 0.29) is 18.3 Å². The van der Waals surface area contributed by atoms with Gasteiger partial charge in [0.2, 0.25) is 5.91 Å². The first kappa shape index (κ1) is 16.1. The summed E-state index contributed by atoms with van der Waals surface area (Å²) < 4.78 is 19.6. The Labute approximate surface area is 139 Å². The second-order valence-corrected chi connectivity index (χ2v) is 7.10. The van der Waals surface area contributed by atoms with Crippen LogP contribution in [0.2, 0.25) is 0 Å². The molecule has 1 aromatic heterocycles. The normalized spacial score (nSPS) is 18.2. The van der Waals surface area contributed by atoms with Gasteiger partial charge in [-0.3, -0.25) is 4.79 Å². The van der Waals surface area contributed by atoms with Crippen LogP contribution in [0.25, 0.3) is 0 Å². The molecule has 0 aliphatic heterocycles. The van der Waals surface area contributed by atoms with Crippen LogP contribution in [0.1, 0.15) is 30.2 Å². The van der Waals surface area contributed by atoms with Crippen LogP contribution in [0.3, 0.4) is 0 Å². The highest BCUT2D eigenvalue weighted by molar-refractivity contribution is 7.10. The lowest BCUT2D eigenvalue weighted by Crippen LogP contribution is -2.44. The van der Waals surface area contributed by atoms with E-state index in [4.69, 9.17) is 4.74 Å². The van der Waals surface area contributed by atoms with Gasteiger partial charge in [0.1, 0.15) is 11.4 Å². The first-order chi connectivity index (χ1) is 11.0. The van der Waals surface area contributed by atoms with Crippen LogP contribution in [0.4, 0.5) is 4.39 Å². The number of carbonyl (C=O) groups is 1. The molecule has 122 valence electrons. The van der Waals surface area contributed by atoms with Crippen molar-refractivity contribution in [1.29, 1.82) is 0 Å².